The van der Waals surface area contributed by atoms with Crippen LogP contribution in [0.3, 0.4) is 0 Å². The first-order valence-electron chi connectivity index (χ1n) is 7.24. The van der Waals surface area contributed by atoms with Crippen LogP contribution in [0.15, 0.2) is 24.3 Å². The molecule has 1 aromatic carbocycles. The van der Waals surface area contributed by atoms with Crippen LogP contribution in [-0.2, 0) is 10.0 Å². The van der Waals surface area contributed by atoms with Crippen LogP contribution in [0.4, 0.5) is 0 Å². The second kappa shape index (κ2) is 6.77. The minimum atomic E-state index is -3.14. The van der Waals surface area contributed by atoms with Crippen molar-refractivity contribution in [3.05, 3.63) is 29.8 Å². The average molecular weight is 312 g/mol. The van der Waals surface area contributed by atoms with Crippen LogP contribution in [0.1, 0.15) is 31.4 Å². The van der Waals surface area contributed by atoms with Gasteiger partial charge in [-0.1, -0.05) is 12.1 Å². The Labute approximate surface area is 127 Å². The van der Waals surface area contributed by atoms with Gasteiger partial charge in [0, 0.05) is 18.6 Å². The van der Waals surface area contributed by atoms with Gasteiger partial charge in [0.2, 0.25) is 10.0 Å². The highest BCUT2D eigenvalue weighted by Crippen LogP contribution is 2.26. The van der Waals surface area contributed by atoms with Gasteiger partial charge in [0.25, 0.3) is 0 Å². The smallest absolute Gasteiger partial charge is 0.208 e. The molecule has 0 aromatic heterocycles. The topological polar surface area (TPSA) is 58.6 Å². The maximum atomic E-state index is 11.4. The summed E-state index contributed by atoms with van der Waals surface area (Å²) in [7, 11) is -1.48. The summed E-state index contributed by atoms with van der Waals surface area (Å²) in [4.78, 5) is 2.32. The molecule has 0 unspecified atom stereocenters. The minimum Gasteiger partial charge on any atom is -0.497 e. The van der Waals surface area contributed by atoms with E-state index in [1.807, 2.05) is 18.2 Å². The van der Waals surface area contributed by atoms with Crippen LogP contribution in [0, 0.1) is 0 Å². The number of rotatable bonds is 5. The highest BCUT2D eigenvalue weighted by molar-refractivity contribution is 7.88. The van der Waals surface area contributed by atoms with E-state index >= 15 is 0 Å². The van der Waals surface area contributed by atoms with E-state index in [0.717, 1.165) is 31.7 Å². The summed E-state index contributed by atoms with van der Waals surface area (Å²) in [6, 6.07) is 8.28. The van der Waals surface area contributed by atoms with Gasteiger partial charge < -0.3 is 4.74 Å². The lowest BCUT2D eigenvalue weighted by molar-refractivity contribution is 0.154. The largest absolute Gasteiger partial charge is 0.497 e. The fraction of sp³-hybridized carbons (Fsp3) is 0.600. The number of nitrogens with one attached hydrogen (secondary N) is 1. The van der Waals surface area contributed by atoms with E-state index in [-0.39, 0.29) is 12.1 Å². The highest BCUT2D eigenvalue weighted by Gasteiger charge is 2.26. The van der Waals surface area contributed by atoms with Gasteiger partial charge in [0.05, 0.1) is 13.4 Å². The molecule has 2 rings (SSSR count). The molecule has 0 amide bonds. The molecule has 5 nitrogen and oxygen atoms in total. The van der Waals surface area contributed by atoms with Crippen molar-refractivity contribution < 1.29 is 13.2 Å². The molecule has 1 aromatic rings. The fourth-order valence-corrected chi connectivity index (χ4v) is 3.67. The zero-order chi connectivity index (χ0) is 15.5. The minimum absolute atomic E-state index is 0.00167. The average Bonchev–Trinajstić information content (AvgIpc) is 2.45. The maximum absolute atomic E-state index is 11.4. The summed E-state index contributed by atoms with van der Waals surface area (Å²) >= 11 is 0. The molecule has 2 atom stereocenters. The van der Waals surface area contributed by atoms with Gasteiger partial charge in [0.1, 0.15) is 5.75 Å². The summed E-state index contributed by atoms with van der Waals surface area (Å²) in [6.45, 7) is 3.88. The van der Waals surface area contributed by atoms with Crippen molar-refractivity contribution in [1.29, 1.82) is 0 Å². The van der Waals surface area contributed by atoms with Crippen LogP contribution in [0.2, 0.25) is 0 Å². The predicted molar refractivity (Wildman–Crippen MR) is 84.0 cm³/mol. The molecule has 0 aliphatic carbocycles. The van der Waals surface area contributed by atoms with Gasteiger partial charge in [-0.05, 0) is 44.0 Å². The van der Waals surface area contributed by atoms with Crippen LogP contribution in [0.25, 0.3) is 0 Å². The van der Waals surface area contributed by atoms with Crippen molar-refractivity contribution in [2.75, 3.05) is 26.5 Å². The number of likely N-dealkylation sites (tertiary alicyclic amines) is 1. The summed E-state index contributed by atoms with van der Waals surface area (Å²) < 4.78 is 30.8. The van der Waals surface area contributed by atoms with Crippen molar-refractivity contribution in [2.45, 2.75) is 31.8 Å². The molecule has 21 heavy (non-hydrogen) atoms. The molecule has 1 aliphatic rings. The first-order valence-corrected chi connectivity index (χ1v) is 9.13. The molecule has 0 saturated carbocycles. The van der Waals surface area contributed by atoms with Crippen molar-refractivity contribution >= 4 is 10.0 Å². The van der Waals surface area contributed by atoms with Crippen molar-refractivity contribution in [3.8, 4) is 5.75 Å². The van der Waals surface area contributed by atoms with Gasteiger partial charge >= 0.3 is 0 Å². The SMILES string of the molecule is COc1cccc([C@H](C)N2CCC[C@@H](NS(C)(=O)=O)C2)c1. The van der Waals surface area contributed by atoms with Crippen LogP contribution in [-0.4, -0.2) is 45.8 Å². The van der Waals surface area contributed by atoms with E-state index in [4.69, 9.17) is 4.74 Å². The zero-order valence-corrected chi connectivity index (χ0v) is 13.7. The van der Waals surface area contributed by atoms with Gasteiger partial charge in [-0.3, -0.25) is 4.90 Å². The first kappa shape index (κ1) is 16.3. The summed E-state index contributed by atoms with van der Waals surface area (Å²) in [5, 5.41) is 0. The number of nitrogens with zero attached hydrogens (tertiary/aromatic N) is 1. The number of methoxy groups -OCH3 is 1. The second-order valence-corrected chi connectivity index (χ2v) is 7.46. The highest BCUT2D eigenvalue weighted by atomic mass is 32.2. The van der Waals surface area contributed by atoms with E-state index in [1.54, 1.807) is 7.11 Å². The number of hydrogen-bond acceptors (Lipinski definition) is 4. The number of piperidine rings is 1. The number of ether oxygens (including phenoxy) is 1. The molecule has 1 saturated heterocycles. The van der Waals surface area contributed by atoms with Crippen molar-refractivity contribution in [1.82, 2.24) is 9.62 Å². The van der Waals surface area contributed by atoms with Gasteiger partial charge in [-0.25, -0.2) is 13.1 Å². The standard InChI is InChI=1S/C15H24N2O3S/c1-12(13-6-4-8-15(10-13)20-2)17-9-5-7-14(11-17)16-21(3,18)19/h4,6,8,10,12,14,16H,5,7,9,11H2,1-3H3/t12-,14+/m0/s1. The third kappa shape index (κ3) is 4.69. The molecule has 0 bridgehead atoms. The predicted octanol–water partition coefficient (Wildman–Crippen LogP) is 1.77. The molecule has 1 aliphatic heterocycles. The van der Waals surface area contributed by atoms with Crippen molar-refractivity contribution in [2.24, 2.45) is 0 Å². The second-order valence-electron chi connectivity index (χ2n) is 5.68. The third-order valence-corrected chi connectivity index (χ3v) is 4.72. The molecule has 118 valence electrons. The Morgan fingerprint density at radius 1 is 1.43 bits per heavy atom. The Bertz CT molecular complexity index is 574. The Morgan fingerprint density at radius 2 is 2.19 bits per heavy atom. The number of hydrogen-bond donors (Lipinski definition) is 1. The first-order chi connectivity index (χ1) is 9.89. The molecule has 6 heteroatoms. The van der Waals surface area contributed by atoms with E-state index in [2.05, 4.69) is 22.6 Å². The summed E-state index contributed by atoms with van der Waals surface area (Å²) in [5.41, 5.74) is 1.19. The molecule has 0 spiro atoms. The van der Waals surface area contributed by atoms with Crippen molar-refractivity contribution in [3.63, 3.8) is 0 Å². The van der Waals surface area contributed by atoms with Crippen LogP contribution >= 0.6 is 0 Å². The van der Waals surface area contributed by atoms with Gasteiger partial charge in [-0.2, -0.15) is 0 Å². The van der Waals surface area contributed by atoms with E-state index in [9.17, 15) is 8.42 Å². The van der Waals surface area contributed by atoms with Gasteiger partial charge in [-0.15, -0.1) is 0 Å². The van der Waals surface area contributed by atoms with E-state index in [0.29, 0.717) is 0 Å². The molecular formula is C15H24N2O3S. The quantitative estimate of drug-likeness (QED) is 0.900. The molecular weight excluding hydrogens is 288 g/mol. The van der Waals surface area contributed by atoms with Gasteiger partial charge in [0.15, 0.2) is 0 Å². The summed E-state index contributed by atoms with van der Waals surface area (Å²) in [6.07, 6.45) is 3.12. The van der Waals surface area contributed by atoms with Crippen LogP contribution < -0.4 is 9.46 Å². The Balaban J connectivity index is 2.06. The van der Waals surface area contributed by atoms with E-state index < -0.39 is 10.0 Å². The van der Waals surface area contributed by atoms with E-state index in [1.165, 1.54) is 11.8 Å². The Morgan fingerprint density at radius 3 is 2.86 bits per heavy atom. The third-order valence-electron chi connectivity index (χ3n) is 3.96. The Kier molecular flexibility index (Phi) is 5.24. The van der Waals surface area contributed by atoms with Crippen LogP contribution in [0.5, 0.6) is 5.75 Å². The zero-order valence-electron chi connectivity index (χ0n) is 12.9. The molecule has 1 fully saturated rings. The molecule has 1 heterocycles. The molecule has 0 radical (unpaired) electrons. The normalized spacial score (nSPS) is 22.0. The lowest BCUT2D eigenvalue weighted by Crippen LogP contribution is -2.47. The maximum Gasteiger partial charge on any atom is 0.208 e. The fourth-order valence-electron chi connectivity index (χ4n) is 2.87. The number of benzene rings is 1. The lowest BCUT2D eigenvalue weighted by Gasteiger charge is -2.37. The number of sulfonamides is 1. The lowest BCUT2D eigenvalue weighted by atomic mass is 10.0. The summed E-state index contributed by atoms with van der Waals surface area (Å²) in [5.74, 6) is 0.849. The monoisotopic (exact) mass is 312 g/mol. The molecule has 1 N–H and O–H groups in total. The Hall–Kier alpha value is -1.11.